The number of nitrogens with one attached hydrogen (secondary N) is 2. The van der Waals surface area contributed by atoms with E-state index in [1.54, 1.807) is 22.7 Å². The normalized spacial score (nSPS) is 23.0. The number of carbonyl (C=O) groups is 3. The van der Waals surface area contributed by atoms with Crippen LogP contribution >= 0.6 is 11.8 Å². The van der Waals surface area contributed by atoms with Gasteiger partial charge in [-0.05, 0) is 23.5 Å². The van der Waals surface area contributed by atoms with E-state index in [1.807, 2.05) is 45.9 Å². The van der Waals surface area contributed by atoms with Gasteiger partial charge in [-0.25, -0.2) is 0 Å². The van der Waals surface area contributed by atoms with Gasteiger partial charge >= 0.3 is 0 Å². The third-order valence-electron chi connectivity index (χ3n) is 6.12. The lowest BCUT2D eigenvalue weighted by molar-refractivity contribution is -0.132. The summed E-state index contributed by atoms with van der Waals surface area (Å²) in [6.07, 6.45) is 0.708. The largest absolute Gasteiger partial charge is 0.394 e. The van der Waals surface area contributed by atoms with Gasteiger partial charge in [0.25, 0.3) is 5.91 Å². The molecular formula is C22H31N3O4S. The topological polar surface area (TPSA) is 98.7 Å². The second kappa shape index (κ2) is 9.39. The molecule has 3 rings (SSSR count). The van der Waals surface area contributed by atoms with Crippen molar-refractivity contribution in [3.05, 3.63) is 35.4 Å². The van der Waals surface area contributed by atoms with Crippen molar-refractivity contribution in [1.82, 2.24) is 15.5 Å². The Labute approximate surface area is 182 Å². The summed E-state index contributed by atoms with van der Waals surface area (Å²) in [4.78, 5) is 40.6. The van der Waals surface area contributed by atoms with Crippen LogP contribution in [-0.4, -0.2) is 58.2 Å². The van der Waals surface area contributed by atoms with Crippen molar-refractivity contribution >= 4 is 29.5 Å². The van der Waals surface area contributed by atoms with Gasteiger partial charge in [0.1, 0.15) is 17.5 Å². The lowest BCUT2D eigenvalue weighted by Crippen LogP contribution is -2.57. The minimum absolute atomic E-state index is 0.0694. The zero-order chi connectivity index (χ0) is 22.0. The maximum Gasteiger partial charge on any atom is 0.256 e. The molecule has 1 saturated heterocycles. The molecule has 0 unspecified atom stereocenters. The number of hydrogen-bond acceptors (Lipinski definition) is 5. The standard InChI is InChI=1S/C22H31N3O4S/c1-5-13(4)18(20(28)23-16(10-26)12(2)3)24-19(27)17-11-30-22-15-9-7-6-8-14(15)21(29)25(17)22/h6-9,12-13,16-18,22,26H,5,10-11H2,1-4H3,(H,23,28)(H,24,27)/t13-,16-,17+,18+,22-/m1/s1. The molecule has 5 atom stereocenters. The van der Waals surface area contributed by atoms with Crippen molar-refractivity contribution in [2.24, 2.45) is 11.8 Å². The summed E-state index contributed by atoms with van der Waals surface area (Å²) >= 11 is 1.57. The van der Waals surface area contributed by atoms with Crippen LogP contribution in [-0.2, 0) is 9.59 Å². The highest BCUT2D eigenvalue weighted by molar-refractivity contribution is 7.99. The molecule has 3 N–H and O–H groups in total. The molecule has 0 saturated carbocycles. The van der Waals surface area contributed by atoms with E-state index < -0.39 is 12.1 Å². The average molecular weight is 434 g/mol. The molecular weight excluding hydrogens is 402 g/mol. The summed E-state index contributed by atoms with van der Waals surface area (Å²) in [6, 6.07) is 5.75. The quantitative estimate of drug-likeness (QED) is 0.582. The van der Waals surface area contributed by atoms with E-state index in [1.165, 1.54) is 0 Å². The van der Waals surface area contributed by atoms with Gasteiger partial charge in [0, 0.05) is 11.3 Å². The molecule has 0 spiro atoms. The Kier molecular flexibility index (Phi) is 7.08. The third-order valence-corrected chi connectivity index (χ3v) is 7.42. The van der Waals surface area contributed by atoms with Crippen LogP contribution in [0.1, 0.15) is 55.4 Å². The first kappa shape index (κ1) is 22.6. The van der Waals surface area contributed by atoms with Crippen LogP contribution in [0.3, 0.4) is 0 Å². The maximum atomic E-state index is 13.2. The summed E-state index contributed by atoms with van der Waals surface area (Å²) in [6.45, 7) is 7.56. The number of aliphatic hydroxyl groups is 1. The van der Waals surface area contributed by atoms with Crippen molar-refractivity contribution in [2.75, 3.05) is 12.4 Å². The lowest BCUT2D eigenvalue weighted by atomic mass is 9.96. The molecule has 0 aromatic heterocycles. The number of thioether (sulfide) groups is 1. The van der Waals surface area contributed by atoms with Gasteiger partial charge in [0.15, 0.2) is 0 Å². The minimum Gasteiger partial charge on any atom is -0.394 e. The first-order valence-electron chi connectivity index (χ1n) is 10.5. The monoisotopic (exact) mass is 433 g/mol. The van der Waals surface area contributed by atoms with Gasteiger partial charge in [0.05, 0.1) is 12.6 Å². The fourth-order valence-electron chi connectivity index (χ4n) is 3.89. The number of rotatable bonds is 8. The number of hydrogen-bond donors (Lipinski definition) is 3. The molecule has 1 aromatic rings. The Morgan fingerprint density at radius 3 is 2.57 bits per heavy atom. The van der Waals surface area contributed by atoms with E-state index in [-0.39, 0.29) is 47.6 Å². The summed E-state index contributed by atoms with van der Waals surface area (Å²) < 4.78 is 0. The maximum absolute atomic E-state index is 13.2. The smallest absolute Gasteiger partial charge is 0.256 e. The Hall–Kier alpha value is -2.06. The van der Waals surface area contributed by atoms with E-state index in [0.717, 1.165) is 5.56 Å². The molecule has 0 bridgehead atoms. The molecule has 2 heterocycles. The molecule has 1 aromatic carbocycles. The van der Waals surface area contributed by atoms with Crippen molar-refractivity contribution in [3.63, 3.8) is 0 Å². The summed E-state index contributed by atoms with van der Waals surface area (Å²) in [7, 11) is 0. The second-order valence-corrected chi connectivity index (χ2v) is 9.53. The van der Waals surface area contributed by atoms with Crippen LogP contribution < -0.4 is 10.6 Å². The van der Waals surface area contributed by atoms with Crippen LogP contribution in [0.15, 0.2) is 24.3 Å². The Bertz CT molecular complexity index is 815. The zero-order valence-corrected chi connectivity index (χ0v) is 18.7. The first-order chi connectivity index (χ1) is 14.3. The summed E-state index contributed by atoms with van der Waals surface area (Å²) in [5, 5.41) is 15.1. The molecule has 2 aliphatic heterocycles. The molecule has 164 valence electrons. The average Bonchev–Trinajstić information content (AvgIpc) is 3.29. The molecule has 0 radical (unpaired) electrons. The van der Waals surface area contributed by atoms with E-state index in [9.17, 15) is 19.5 Å². The van der Waals surface area contributed by atoms with E-state index in [0.29, 0.717) is 17.7 Å². The van der Waals surface area contributed by atoms with Crippen LogP contribution in [0.25, 0.3) is 0 Å². The van der Waals surface area contributed by atoms with Gasteiger partial charge in [-0.1, -0.05) is 52.3 Å². The number of benzene rings is 1. The van der Waals surface area contributed by atoms with Crippen molar-refractivity contribution < 1.29 is 19.5 Å². The van der Waals surface area contributed by atoms with Gasteiger partial charge in [-0.3, -0.25) is 14.4 Å². The van der Waals surface area contributed by atoms with Crippen LogP contribution in [0, 0.1) is 11.8 Å². The third kappa shape index (κ3) is 4.21. The molecule has 0 aliphatic carbocycles. The highest BCUT2D eigenvalue weighted by atomic mass is 32.2. The fourth-order valence-corrected chi connectivity index (χ4v) is 5.35. The van der Waals surface area contributed by atoms with E-state index in [2.05, 4.69) is 10.6 Å². The first-order valence-corrected chi connectivity index (χ1v) is 11.6. The Morgan fingerprint density at radius 2 is 1.93 bits per heavy atom. The van der Waals surface area contributed by atoms with Crippen LogP contribution in [0.2, 0.25) is 0 Å². The van der Waals surface area contributed by atoms with Gasteiger partial charge in [0.2, 0.25) is 11.8 Å². The predicted octanol–water partition coefficient (Wildman–Crippen LogP) is 1.92. The highest BCUT2D eigenvalue weighted by Gasteiger charge is 2.48. The van der Waals surface area contributed by atoms with Crippen molar-refractivity contribution in [2.45, 2.75) is 57.6 Å². The van der Waals surface area contributed by atoms with Gasteiger partial charge in [-0.2, -0.15) is 0 Å². The van der Waals surface area contributed by atoms with Crippen LogP contribution in [0.4, 0.5) is 0 Å². The Morgan fingerprint density at radius 1 is 1.23 bits per heavy atom. The Balaban J connectivity index is 1.74. The number of carbonyl (C=O) groups excluding carboxylic acids is 3. The SMILES string of the molecule is CC[C@@H](C)[C@H](NC(=O)[C@@H]1CS[C@@H]2c3ccccc3C(=O)N21)C(=O)N[C@H](CO)C(C)C. The molecule has 8 heteroatoms. The summed E-state index contributed by atoms with van der Waals surface area (Å²) in [5.41, 5.74) is 1.59. The predicted molar refractivity (Wildman–Crippen MR) is 117 cm³/mol. The second-order valence-electron chi connectivity index (χ2n) is 8.41. The molecule has 30 heavy (non-hydrogen) atoms. The molecule has 1 fully saturated rings. The lowest BCUT2D eigenvalue weighted by Gasteiger charge is -2.30. The molecule has 7 nitrogen and oxygen atoms in total. The zero-order valence-electron chi connectivity index (χ0n) is 17.9. The van der Waals surface area contributed by atoms with E-state index >= 15 is 0 Å². The van der Waals surface area contributed by atoms with Crippen molar-refractivity contribution in [1.29, 1.82) is 0 Å². The number of aliphatic hydroxyl groups excluding tert-OH is 1. The number of fused-ring (bicyclic) bond motifs is 3. The summed E-state index contributed by atoms with van der Waals surface area (Å²) in [5.74, 6) is -0.265. The van der Waals surface area contributed by atoms with E-state index in [4.69, 9.17) is 0 Å². The number of nitrogens with zero attached hydrogens (tertiary/aromatic N) is 1. The van der Waals surface area contributed by atoms with Crippen molar-refractivity contribution in [3.8, 4) is 0 Å². The van der Waals surface area contributed by atoms with Gasteiger partial charge < -0.3 is 20.6 Å². The number of amides is 3. The molecule has 3 amide bonds. The van der Waals surface area contributed by atoms with Gasteiger partial charge in [-0.15, -0.1) is 11.8 Å². The minimum atomic E-state index is -0.723. The van der Waals surface area contributed by atoms with Crippen LogP contribution in [0.5, 0.6) is 0 Å². The molecule has 2 aliphatic rings. The highest BCUT2D eigenvalue weighted by Crippen LogP contribution is 2.48. The fraction of sp³-hybridized carbons (Fsp3) is 0.591.